The minimum Gasteiger partial charge on any atom is -0.481 e. The first-order valence-electron chi connectivity index (χ1n) is 6.25. The lowest BCUT2D eigenvalue weighted by molar-refractivity contribution is -0.137. The normalized spacial score (nSPS) is 11.7. The molecule has 1 aromatic rings. The number of rotatable bonds is 5. The fourth-order valence-corrected chi connectivity index (χ4v) is 1.66. The molecule has 0 fully saturated rings. The van der Waals surface area contributed by atoms with Crippen LogP contribution >= 0.6 is 0 Å². The highest BCUT2D eigenvalue weighted by atomic mass is 16.4. The Labute approximate surface area is 113 Å². The van der Waals surface area contributed by atoms with Crippen molar-refractivity contribution in [3.63, 3.8) is 0 Å². The minimum absolute atomic E-state index is 0.0465. The van der Waals surface area contributed by atoms with Gasteiger partial charge in [-0.05, 0) is 44.4 Å². The molecule has 1 atom stereocenters. The van der Waals surface area contributed by atoms with Gasteiger partial charge in [-0.2, -0.15) is 0 Å². The Morgan fingerprint density at radius 3 is 2.63 bits per heavy atom. The molecule has 1 unspecified atom stereocenters. The molecule has 0 radical (unpaired) electrons. The van der Waals surface area contributed by atoms with Crippen molar-refractivity contribution >= 4 is 17.7 Å². The summed E-state index contributed by atoms with van der Waals surface area (Å²) in [6.07, 6.45) is 0.459. The van der Waals surface area contributed by atoms with Crippen molar-refractivity contribution in [2.24, 2.45) is 0 Å². The second-order valence-electron chi connectivity index (χ2n) is 4.75. The summed E-state index contributed by atoms with van der Waals surface area (Å²) in [5.74, 6) is -0.858. The van der Waals surface area contributed by atoms with Crippen LogP contribution in [-0.2, 0) is 4.79 Å². The highest BCUT2D eigenvalue weighted by molar-refractivity contribution is 5.90. The first-order chi connectivity index (χ1) is 8.88. The summed E-state index contributed by atoms with van der Waals surface area (Å²) < 4.78 is 0. The molecule has 19 heavy (non-hydrogen) atoms. The molecule has 5 nitrogen and oxygen atoms in total. The molecule has 5 heteroatoms. The average molecular weight is 264 g/mol. The number of aliphatic carboxylic acids is 1. The van der Waals surface area contributed by atoms with Gasteiger partial charge in [0.15, 0.2) is 0 Å². The number of carbonyl (C=O) groups excluding carboxylic acids is 1. The maximum atomic E-state index is 11.8. The van der Waals surface area contributed by atoms with E-state index in [1.54, 1.807) is 6.92 Å². The summed E-state index contributed by atoms with van der Waals surface area (Å²) >= 11 is 0. The van der Waals surface area contributed by atoms with Crippen LogP contribution in [0.1, 0.15) is 30.9 Å². The minimum atomic E-state index is -0.858. The number of urea groups is 1. The summed E-state index contributed by atoms with van der Waals surface area (Å²) in [6, 6.07) is 5.33. The van der Waals surface area contributed by atoms with Crippen LogP contribution in [0.25, 0.3) is 0 Å². The zero-order chi connectivity index (χ0) is 14.4. The average Bonchev–Trinajstić information content (AvgIpc) is 2.31. The summed E-state index contributed by atoms with van der Waals surface area (Å²) in [6.45, 7) is 5.66. The molecule has 3 N–H and O–H groups in total. The van der Waals surface area contributed by atoms with Crippen molar-refractivity contribution in [2.45, 2.75) is 39.7 Å². The van der Waals surface area contributed by atoms with Gasteiger partial charge in [-0.15, -0.1) is 0 Å². The number of hydrogen-bond donors (Lipinski definition) is 3. The predicted octanol–water partition coefficient (Wildman–Crippen LogP) is 2.68. The van der Waals surface area contributed by atoms with E-state index < -0.39 is 5.97 Å². The molecule has 1 rings (SSSR count). The lowest BCUT2D eigenvalue weighted by Crippen LogP contribution is -2.36. The van der Waals surface area contributed by atoms with Gasteiger partial charge in [-0.1, -0.05) is 12.1 Å². The smallest absolute Gasteiger partial charge is 0.319 e. The maximum absolute atomic E-state index is 11.8. The van der Waals surface area contributed by atoms with E-state index in [2.05, 4.69) is 10.6 Å². The molecule has 1 aromatic carbocycles. The van der Waals surface area contributed by atoms with Crippen LogP contribution in [0.5, 0.6) is 0 Å². The molecule has 0 saturated carbocycles. The summed E-state index contributed by atoms with van der Waals surface area (Å²) in [7, 11) is 0. The molecule has 0 aromatic heterocycles. The SMILES string of the molecule is Cc1ccc(C)c(NC(=O)NC(C)CCC(=O)O)c1. The van der Waals surface area contributed by atoms with Crippen LogP contribution < -0.4 is 10.6 Å². The quantitative estimate of drug-likeness (QED) is 0.765. The van der Waals surface area contributed by atoms with Gasteiger partial charge in [0.1, 0.15) is 0 Å². The van der Waals surface area contributed by atoms with Crippen LogP contribution in [0.3, 0.4) is 0 Å². The van der Waals surface area contributed by atoms with Gasteiger partial charge in [-0.3, -0.25) is 4.79 Å². The second kappa shape index (κ2) is 6.78. The lowest BCUT2D eigenvalue weighted by atomic mass is 10.1. The number of benzene rings is 1. The largest absolute Gasteiger partial charge is 0.481 e. The summed E-state index contributed by atoms with van der Waals surface area (Å²) in [4.78, 5) is 22.2. The Kier molecular flexibility index (Phi) is 5.36. The Morgan fingerprint density at radius 1 is 1.32 bits per heavy atom. The molecule has 2 amide bonds. The first kappa shape index (κ1) is 15.0. The van der Waals surface area contributed by atoms with E-state index in [-0.39, 0.29) is 18.5 Å². The number of anilines is 1. The Bertz CT molecular complexity index is 472. The molecule has 0 aliphatic carbocycles. The maximum Gasteiger partial charge on any atom is 0.319 e. The molecular formula is C14H20N2O3. The standard InChI is InChI=1S/C14H20N2O3/c1-9-4-5-10(2)12(8-9)16-14(19)15-11(3)6-7-13(17)18/h4-5,8,11H,6-7H2,1-3H3,(H,17,18)(H2,15,16,19). The number of nitrogens with one attached hydrogen (secondary N) is 2. The van der Waals surface area contributed by atoms with Gasteiger partial charge in [0.2, 0.25) is 0 Å². The predicted molar refractivity (Wildman–Crippen MR) is 74.4 cm³/mol. The molecule has 0 saturated heterocycles. The molecule has 104 valence electrons. The Balaban J connectivity index is 2.50. The van der Waals surface area contributed by atoms with Crippen LogP contribution in [0.15, 0.2) is 18.2 Å². The lowest BCUT2D eigenvalue weighted by Gasteiger charge is -2.15. The van der Waals surface area contributed by atoms with Gasteiger partial charge in [-0.25, -0.2) is 4.79 Å². The third kappa shape index (κ3) is 5.42. The fourth-order valence-electron chi connectivity index (χ4n) is 1.66. The van der Waals surface area contributed by atoms with Crippen molar-refractivity contribution in [2.75, 3.05) is 5.32 Å². The third-order valence-corrected chi connectivity index (χ3v) is 2.81. The van der Waals surface area contributed by atoms with E-state index in [0.29, 0.717) is 6.42 Å². The molecule has 0 heterocycles. The highest BCUT2D eigenvalue weighted by Crippen LogP contribution is 2.16. The van der Waals surface area contributed by atoms with Crippen molar-refractivity contribution in [1.29, 1.82) is 0 Å². The van der Waals surface area contributed by atoms with Crippen LogP contribution in [0, 0.1) is 13.8 Å². The van der Waals surface area contributed by atoms with Gasteiger partial charge < -0.3 is 15.7 Å². The third-order valence-electron chi connectivity index (χ3n) is 2.81. The number of aryl methyl sites for hydroxylation is 2. The molecule has 0 aliphatic rings. The van der Waals surface area contributed by atoms with Gasteiger partial charge >= 0.3 is 12.0 Å². The molecule has 0 bridgehead atoms. The van der Waals surface area contributed by atoms with Gasteiger partial charge in [0.05, 0.1) is 0 Å². The summed E-state index contributed by atoms with van der Waals surface area (Å²) in [5.41, 5.74) is 2.82. The van der Waals surface area contributed by atoms with Gasteiger partial charge in [0, 0.05) is 18.2 Å². The zero-order valence-corrected chi connectivity index (χ0v) is 11.5. The summed E-state index contributed by atoms with van der Waals surface area (Å²) in [5, 5.41) is 14.1. The molecule has 0 aliphatic heterocycles. The topological polar surface area (TPSA) is 78.4 Å². The van der Waals surface area contributed by atoms with E-state index in [9.17, 15) is 9.59 Å². The number of carboxylic acid groups (broad SMARTS) is 1. The van der Waals surface area contributed by atoms with Crippen LogP contribution in [0.4, 0.5) is 10.5 Å². The number of carboxylic acids is 1. The van der Waals surface area contributed by atoms with Crippen molar-refractivity contribution in [1.82, 2.24) is 5.32 Å². The van der Waals surface area contributed by atoms with Crippen molar-refractivity contribution in [3.05, 3.63) is 29.3 Å². The van der Waals surface area contributed by atoms with Crippen LogP contribution in [-0.4, -0.2) is 23.1 Å². The van der Waals surface area contributed by atoms with Crippen molar-refractivity contribution < 1.29 is 14.7 Å². The van der Waals surface area contributed by atoms with E-state index in [1.807, 2.05) is 32.0 Å². The van der Waals surface area contributed by atoms with Crippen LogP contribution in [0.2, 0.25) is 0 Å². The number of amides is 2. The number of hydrogen-bond acceptors (Lipinski definition) is 2. The van der Waals surface area contributed by atoms with Gasteiger partial charge in [0.25, 0.3) is 0 Å². The zero-order valence-electron chi connectivity index (χ0n) is 11.5. The van der Waals surface area contributed by atoms with E-state index in [4.69, 9.17) is 5.11 Å². The second-order valence-corrected chi connectivity index (χ2v) is 4.75. The van der Waals surface area contributed by atoms with E-state index in [1.165, 1.54) is 0 Å². The highest BCUT2D eigenvalue weighted by Gasteiger charge is 2.10. The van der Waals surface area contributed by atoms with Crippen molar-refractivity contribution in [3.8, 4) is 0 Å². The first-order valence-corrected chi connectivity index (χ1v) is 6.25. The molecule has 0 spiro atoms. The Hall–Kier alpha value is -2.04. The Morgan fingerprint density at radius 2 is 2.00 bits per heavy atom. The monoisotopic (exact) mass is 264 g/mol. The fraction of sp³-hybridized carbons (Fsp3) is 0.429. The number of carbonyl (C=O) groups is 2. The van der Waals surface area contributed by atoms with E-state index in [0.717, 1.165) is 16.8 Å². The van der Waals surface area contributed by atoms with E-state index >= 15 is 0 Å². The molecular weight excluding hydrogens is 244 g/mol.